The van der Waals surface area contributed by atoms with Crippen LogP contribution in [0.5, 0.6) is 11.5 Å². The molecule has 2 N–H and O–H groups in total. The van der Waals surface area contributed by atoms with E-state index in [0.29, 0.717) is 30.6 Å². The normalized spacial score (nSPS) is 11.3. The SMILES string of the molecule is CCOc1cc(NC(=NC)NCc2c(C)nn(Cc3ccccc3)c2C)ccc1OC. The Hall–Kier alpha value is -3.48. The van der Waals surface area contributed by atoms with Gasteiger partial charge in [-0.15, -0.1) is 0 Å². The Bertz CT molecular complexity index is 1030. The molecule has 3 rings (SSSR count). The van der Waals surface area contributed by atoms with Crippen LogP contribution in [0, 0.1) is 13.8 Å². The van der Waals surface area contributed by atoms with Crippen molar-refractivity contribution >= 4 is 11.6 Å². The number of hydrogen-bond donors (Lipinski definition) is 2. The Balaban J connectivity index is 1.68. The minimum Gasteiger partial charge on any atom is -0.493 e. The van der Waals surface area contributed by atoms with Gasteiger partial charge in [-0.3, -0.25) is 9.67 Å². The summed E-state index contributed by atoms with van der Waals surface area (Å²) in [5.41, 5.74) is 5.43. The molecule has 0 radical (unpaired) electrons. The molecule has 1 aromatic heterocycles. The van der Waals surface area contributed by atoms with E-state index in [1.807, 2.05) is 38.1 Å². The van der Waals surface area contributed by atoms with Crippen molar-refractivity contribution in [3.8, 4) is 11.5 Å². The second kappa shape index (κ2) is 10.5. The molecule has 0 atom stereocenters. The van der Waals surface area contributed by atoms with E-state index >= 15 is 0 Å². The highest BCUT2D eigenvalue weighted by Gasteiger charge is 2.13. The van der Waals surface area contributed by atoms with Crippen LogP contribution in [0.4, 0.5) is 5.69 Å². The van der Waals surface area contributed by atoms with Crippen LogP contribution in [0.3, 0.4) is 0 Å². The van der Waals surface area contributed by atoms with Crippen molar-refractivity contribution in [1.82, 2.24) is 15.1 Å². The van der Waals surface area contributed by atoms with Gasteiger partial charge in [-0.05, 0) is 38.5 Å². The number of hydrogen-bond acceptors (Lipinski definition) is 4. The van der Waals surface area contributed by atoms with Crippen LogP contribution in [-0.4, -0.2) is 36.5 Å². The van der Waals surface area contributed by atoms with E-state index in [1.165, 1.54) is 11.1 Å². The zero-order chi connectivity index (χ0) is 22.2. The number of nitrogens with zero attached hydrogens (tertiary/aromatic N) is 3. The van der Waals surface area contributed by atoms with E-state index in [1.54, 1.807) is 14.2 Å². The lowest BCUT2D eigenvalue weighted by molar-refractivity contribution is 0.311. The molecule has 31 heavy (non-hydrogen) atoms. The quantitative estimate of drug-likeness (QED) is 0.422. The molecular weight excluding hydrogens is 390 g/mol. The molecule has 1 heterocycles. The standard InChI is InChI=1S/C24H31N5O2/c1-6-31-23-14-20(12-13-22(23)30-5)27-24(25-4)26-15-21-17(2)28-29(18(21)3)16-19-10-8-7-9-11-19/h7-14H,6,15-16H2,1-5H3,(H2,25,26,27). The topological polar surface area (TPSA) is 72.7 Å². The second-order valence-electron chi connectivity index (χ2n) is 7.14. The summed E-state index contributed by atoms with van der Waals surface area (Å²) in [5.74, 6) is 2.06. The Morgan fingerprint density at radius 1 is 1.10 bits per heavy atom. The van der Waals surface area contributed by atoms with Crippen molar-refractivity contribution in [3.05, 3.63) is 71.0 Å². The minimum atomic E-state index is 0.568. The molecule has 7 heteroatoms. The van der Waals surface area contributed by atoms with E-state index in [2.05, 4.69) is 51.5 Å². The highest BCUT2D eigenvalue weighted by Crippen LogP contribution is 2.30. The highest BCUT2D eigenvalue weighted by molar-refractivity contribution is 5.93. The largest absolute Gasteiger partial charge is 0.493 e. The smallest absolute Gasteiger partial charge is 0.195 e. The lowest BCUT2D eigenvalue weighted by atomic mass is 10.2. The lowest BCUT2D eigenvalue weighted by Gasteiger charge is -2.15. The monoisotopic (exact) mass is 421 g/mol. The van der Waals surface area contributed by atoms with Gasteiger partial charge < -0.3 is 20.1 Å². The molecule has 0 spiro atoms. The van der Waals surface area contributed by atoms with Crippen molar-refractivity contribution in [3.63, 3.8) is 0 Å². The van der Waals surface area contributed by atoms with Gasteiger partial charge >= 0.3 is 0 Å². The molecule has 164 valence electrons. The first kappa shape index (κ1) is 22.2. The van der Waals surface area contributed by atoms with Crippen molar-refractivity contribution in [2.24, 2.45) is 4.99 Å². The first-order valence-electron chi connectivity index (χ1n) is 10.4. The number of aryl methyl sites for hydroxylation is 1. The molecule has 7 nitrogen and oxygen atoms in total. The van der Waals surface area contributed by atoms with Crippen LogP contribution in [0.15, 0.2) is 53.5 Å². The molecule has 0 aliphatic heterocycles. The Labute approximate surface area is 184 Å². The summed E-state index contributed by atoms with van der Waals surface area (Å²) in [5, 5.41) is 11.4. The summed E-state index contributed by atoms with van der Waals surface area (Å²) in [6, 6.07) is 16.1. The molecule has 0 unspecified atom stereocenters. The molecule has 2 aromatic carbocycles. The van der Waals surface area contributed by atoms with Crippen LogP contribution in [0.25, 0.3) is 0 Å². The van der Waals surface area contributed by atoms with E-state index in [-0.39, 0.29) is 0 Å². The van der Waals surface area contributed by atoms with Gasteiger partial charge in [0.1, 0.15) is 0 Å². The third-order valence-electron chi connectivity index (χ3n) is 5.09. The van der Waals surface area contributed by atoms with Crippen LogP contribution in [-0.2, 0) is 13.1 Å². The van der Waals surface area contributed by atoms with Crippen LogP contribution >= 0.6 is 0 Å². The van der Waals surface area contributed by atoms with Crippen molar-refractivity contribution in [1.29, 1.82) is 0 Å². The molecule has 0 aliphatic carbocycles. The molecule has 0 aliphatic rings. The van der Waals surface area contributed by atoms with Gasteiger partial charge in [0.25, 0.3) is 0 Å². The third kappa shape index (κ3) is 5.57. The minimum absolute atomic E-state index is 0.568. The summed E-state index contributed by atoms with van der Waals surface area (Å²) in [7, 11) is 3.38. The summed E-state index contributed by atoms with van der Waals surface area (Å²) in [6.07, 6.45) is 0. The van der Waals surface area contributed by atoms with E-state index in [4.69, 9.17) is 14.6 Å². The second-order valence-corrected chi connectivity index (χ2v) is 7.14. The Kier molecular flexibility index (Phi) is 7.54. The number of methoxy groups -OCH3 is 1. The number of nitrogens with one attached hydrogen (secondary N) is 2. The molecule has 0 saturated carbocycles. The number of ether oxygens (including phenoxy) is 2. The zero-order valence-electron chi connectivity index (χ0n) is 18.9. The molecular formula is C24H31N5O2. The number of benzene rings is 2. The lowest BCUT2D eigenvalue weighted by Crippen LogP contribution is -2.30. The predicted molar refractivity (Wildman–Crippen MR) is 125 cm³/mol. The summed E-state index contributed by atoms with van der Waals surface area (Å²) in [4.78, 5) is 4.35. The molecule has 0 amide bonds. The van der Waals surface area contributed by atoms with E-state index in [0.717, 1.165) is 23.6 Å². The van der Waals surface area contributed by atoms with Gasteiger partial charge in [0.2, 0.25) is 0 Å². The summed E-state index contributed by atoms with van der Waals surface area (Å²) < 4.78 is 13.1. The third-order valence-corrected chi connectivity index (χ3v) is 5.09. The predicted octanol–water partition coefficient (Wildman–Crippen LogP) is 4.14. The summed E-state index contributed by atoms with van der Waals surface area (Å²) >= 11 is 0. The fourth-order valence-corrected chi connectivity index (χ4v) is 3.41. The van der Waals surface area contributed by atoms with E-state index in [9.17, 15) is 0 Å². The number of anilines is 1. The van der Waals surface area contributed by atoms with Gasteiger partial charge in [0.05, 0.1) is 26.0 Å². The van der Waals surface area contributed by atoms with Crippen LogP contribution in [0.2, 0.25) is 0 Å². The first-order valence-corrected chi connectivity index (χ1v) is 10.4. The molecule has 0 bridgehead atoms. The molecule has 0 fully saturated rings. The van der Waals surface area contributed by atoms with Gasteiger partial charge in [-0.2, -0.15) is 5.10 Å². The van der Waals surface area contributed by atoms with Crippen LogP contribution in [0.1, 0.15) is 29.4 Å². The number of guanidine groups is 1. The number of aliphatic imine (C=N–C) groups is 1. The van der Waals surface area contributed by atoms with Crippen molar-refractivity contribution in [2.45, 2.75) is 33.9 Å². The fourth-order valence-electron chi connectivity index (χ4n) is 3.41. The average Bonchev–Trinajstić information content (AvgIpc) is 3.04. The zero-order valence-corrected chi connectivity index (χ0v) is 18.9. The maximum absolute atomic E-state index is 5.66. The summed E-state index contributed by atoms with van der Waals surface area (Å²) in [6.45, 7) is 8.04. The maximum Gasteiger partial charge on any atom is 0.195 e. The fraction of sp³-hybridized carbons (Fsp3) is 0.333. The molecule has 0 saturated heterocycles. The number of aromatic nitrogens is 2. The number of rotatable bonds is 8. The maximum atomic E-state index is 5.66. The highest BCUT2D eigenvalue weighted by atomic mass is 16.5. The van der Waals surface area contributed by atoms with E-state index < -0.39 is 0 Å². The van der Waals surface area contributed by atoms with Gasteiger partial charge in [0.15, 0.2) is 17.5 Å². The van der Waals surface area contributed by atoms with Gasteiger partial charge in [0, 0.05) is 36.6 Å². The Morgan fingerprint density at radius 3 is 2.55 bits per heavy atom. The van der Waals surface area contributed by atoms with Gasteiger partial charge in [-0.1, -0.05) is 30.3 Å². The van der Waals surface area contributed by atoms with Gasteiger partial charge in [-0.25, -0.2) is 0 Å². The van der Waals surface area contributed by atoms with Crippen molar-refractivity contribution < 1.29 is 9.47 Å². The Morgan fingerprint density at radius 2 is 1.87 bits per heavy atom. The first-order chi connectivity index (χ1) is 15.0. The van der Waals surface area contributed by atoms with Crippen molar-refractivity contribution in [2.75, 3.05) is 26.1 Å². The molecule has 3 aromatic rings. The van der Waals surface area contributed by atoms with Crippen LogP contribution < -0.4 is 20.1 Å². The average molecular weight is 422 g/mol.